The molecule has 4 nitrogen and oxygen atoms in total. The number of aryl methyl sites for hydroxylation is 2. The van der Waals surface area contributed by atoms with E-state index in [0.29, 0.717) is 16.8 Å². The van der Waals surface area contributed by atoms with Crippen molar-refractivity contribution < 1.29 is 4.79 Å². The first kappa shape index (κ1) is 16.9. The average molecular weight is 353 g/mol. The molecule has 4 aromatic rings. The molecule has 0 radical (unpaired) electrons. The van der Waals surface area contributed by atoms with E-state index in [1.165, 1.54) is 0 Å². The van der Waals surface area contributed by atoms with Crippen LogP contribution in [0.15, 0.2) is 72.8 Å². The number of rotatable bonds is 3. The minimum atomic E-state index is -0.186. The van der Waals surface area contributed by atoms with Gasteiger partial charge in [0.2, 0.25) is 0 Å². The van der Waals surface area contributed by atoms with Gasteiger partial charge in [-0.3, -0.25) is 4.79 Å². The summed E-state index contributed by atoms with van der Waals surface area (Å²) in [5.41, 5.74) is 5.59. The van der Waals surface area contributed by atoms with Crippen LogP contribution in [0.25, 0.3) is 22.2 Å². The molecule has 0 unspecified atom stereocenters. The van der Waals surface area contributed by atoms with Crippen LogP contribution in [0.1, 0.15) is 21.5 Å². The van der Waals surface area contributed by atoms with Crippen molar-refractivity contribution in [3.8, 4) is 11.3 Å². The molecule has 0 aliphatic carbocycles. The molecule has 0 bridgehead atoms. The van der Waals surface area contributed by atoms with E-state index < -0.39 is 0 Å². The second kappa shape index (κ2) is 7.00. The van der Waals surface area contributed by atoms with Gasteiger partial charge in [-0.15, -0.1) is 10.2 Å². The van der Waals surface area contributed by atoms with Crippen LogP contribution in [-0.4, -0.2) is 16.1 Å². The van der Waals surface area contributed by atoms with Crippen molar-refractivity contribution in [3.05, 3.63) is 89.5 Å². The molecule has 0 spiro atoms. The Morgan fingerprint density at radius 2 is 1.59 bits per heavy atom. The number of aromatic nitrogens is 2. The normalized spacial score (nSPS) is 10.7. The molecule has 0 aliphatic heterocycles. The molecule has 1 N–H and O–H groups in total. The Bertz CT molecular complexity index is 1140. The lowest BCUT2D eigenvalue weighted by molar-refractivity contribution is 0.102. The average Bonchev–Trinajstić information content (AvgIpc) is 2.70. The van der Waals surface area contributed by atoms with Crippen LogP contribution < -0.4 is 5.32 Å². The highest BCUT2D eigenvalue weighted by Gasteiger charge is 2.19. The van der Waals surface area contributed by atoms with E-state index in [2.05, 4.69) is 15.5 Å². The van der Waals surface area contributed by atoms with Crippen LogP contribution in [-0.2, 0) is 0 Å². The van der Waals surface area contributed by atoms with E-state index in [9.17, 15) is 4.79 Å². The largest absolute Gasteiger partial charge is 0.322 e. The summed E-state index contributed by atoms with van der Waals surface area (Å²) < 4.78 is 0. The van der Waals surface area contributed by atoms with Gasteiger partial charge in [0.25, 0.3) is 5.91 Å². The highest BCUT2D eigenvalue weighted by atomic mass is 16.1. The number of benzene rings is 3. The molecule has 0 saturated carbocycles. The monoisotopic (exact) mass is 353 g/mol. The highest BCUT2D eigenvalue weighted by Crippen LogP contribution is 2.28. The number of hydrogen-bond donors (Lipinski definition) is 1. The van der Waals surface area contributed by atoms with Gasteiger partial charge in [-0.05, 0) is 37.1 Å². The third-order valence-electron chi connectivity index (χ3n) is 4.58. The number of amides is 1. The summed E-state index contributed by atoms with van der Waals surface area (Å²) in [6, 6.07) is 23.3. The van der Waals surface area contributed by atoms with Crippen molar-refractivity contribution in [1.29, 1.82) is 0 Å². The summed E-state index contributed by atoms with van der Waals surface area (Å²) in [5.74, 6) is -0.186. The molecule has 0 atom stereocenters. The first-order valence-electron chi connectivity index (χ1n) is 8.83. The number of fused-ring (bicyclic) bond motifs is 1. The Hall–Kier alpha value is -3.53. The van der Waals surface area contributed by atoms with Gasteiger partial charge in [-0.25, -0.2) is 0 Å². The van der Waals surface area contributed by atoms with Gasteiger partial charge < -0.3 is 5.32 Å². The summed E-state index contributed by atoms with van der Waals surface area (Å²) in [5, 5.41) is 12.5. The smallest absolute Gasteiger partial charge is 0.258 e. The fourth-order valence-corrected chi connectivity index (χ4v) is 3.14. The molecule has 4 heteroatoms. The molecular formula is C23H19N3O. The number of anilines is 1. The van der Waals surface area contributed by atoms with Crippen LogP contribution in [0.3, 0.4) is 0 Å². The number of carbonyl (C=O) groups excluding carboxylic acids is 1. The fourth-order valence-electron chi connectivity index (χ4n) is 3.14. The zero-order valence-electron chi connectivity index (χ0n) is 15.2. The zero-order chi connectivity index (χ0) is 18.8. The predicted octanol–water partition coefficient (Wildman–Crippen LogP) is 5.17. The molecule has 0 fully saturated rings. The topological polar surface area (TPSA) is 54.9 Å². The van der Waals surface area contributed by atoms with Gasteiger partial charge in [0.05, 0.1) is 11.1 Å². The Balaban J connectivity index is 1.88. The summed E-state index contributed by atoms with van der Waals surface area (Å²) in [7, 11) is 0. The van der Waals surface area contributed by atoms with E-state index in [1.807, 2.05) is 86.6 Å². The SMILES string of the molecule is Cc1ccc(C)c(NC(=O)c2c(-c3ccccc3)nnc3ccccc23)c1. The zero-order valence-corrected chi connectivity index (χ0v) is 15.2. The molecule has 1 aromatic heterocycles. The van der Waals surface area contributed by atoms with Crippen molar-refractivity contribution >= 4 is 22.5 Å². The van der Waals surface area contributed by atoms with Gasteiger partial charge >= 0.3 is 0 Å². The second-order valence-electron chi connectivity index (χ2n) is 6.58. The van der Waals surface area contributed by atoms with Crippen LogP contribution in [0.4, 0.5) is 5.69 Å². The summed E-state index contributed by atoms with van der Waals surface area (Å²) in [4.78, 5) is 13.3. The van der Waals surface area contributed by atoms with Crippen molar-refractivity contribution in [3.63, 3.8) is 0 Å². The van der Waals surface area contributed by atoms with Crippen molar-refractivity contribution in [1.82, 2.24) is 10.2 Å². The maximum atomic E-state index is 13.3. The molecule has 1 heterocycles. The van der Waals surface area contributed by atoms with Crippen molar-refractivity contribution in [2.24, 2.45) is 0 Å². The molecule has 0 aliphatic rings. The number of nitrogens with zero attached hydrogens (tertiary/aromatic N) is 2. The quantitative estimate of drug-likeness (QED) is 0.553. The molecule has 132 valence electrons. The predicted molar refractivity (Wildman–Crippen MR) is 109 cm³/mol. The second-order valence-corrected chi connectivity index (χ2v) is 6.58. The molecule has 27 heavy (non-hydrogen) atoms. The minimum Gasteiger partial charge on any atom is -0.322 e. The Labute approximate surface area is 157 Å². The first-order chi connectivity index (χ1) is 13.1. The van der Waals surface area contributed by atoms with Crippen LogP contribution in [0.5, 0.6) is 0 Å². The van der Waals surface area contributed by atoms with Gasteiger partial charge in [0.15, 0.2) is 0 Å². The Kier molecular flexibility index (Phi) is 4.38. The minimum absolute atomic E-state index is 0.186. The summed E-state index contributed by atoms with van der Waals surface area (Å²) in [6.45, 7) is 3.99. The van der Waals surface area contributed by atoms with Crippen LogP contribution >= 0.6 is 0 Å². The highest BCUT2D eigenvalue weighted by molar-refractivity contribution is 6.16. The van der Waals surface area contributed by atoms with Crippen molar-refractivity contribution in [2.45, 2.75) is 13.8 Å². The summed E-state index contributed by atoms with van der Waals surface area (Å²) >= 11 is 0. The van der Waals surface area contributed by atoms with E-state index in [0.717, 1.165) is 27.8 Å². The number of carbonyl (C=O) groups is 1. The standard InChI is InChI=1S/C23H19N3O/c1-15-12-13-16(2)20(14-15)24-23(27)21-18-10-6-7-11-19(18)25-26-22(21)17-8-4-3-5-9-17/h3-14H,1-2H3,(H,24,27). The van der Waals surface area contributed by atoms with Crippen LogP contribution in [0, 0.1) is 13.8 Å². The maximum Gasteiger partial charge on any atom is 0.258 e. The number of hydrogen-bond acceptors (Lipinski definition) is 3. The Morgan fingerprint density at radius 3 is 2.41 bits per heavy atom. The van der Waals surface area contributed by atoms with Gasteiger partial charge in [-0.2, -0.15) is 0 Å². The van der Waals surface area contributed by atoms with Gasteiger partial charge in [-0.1, -0.05) is 60.7 Å². The Morgan fingerprint density at radius 1 is 0.852 bits per heavy atom. The molecular weight excluding hydrogens is 334 g/mol. The lowest BCUT2D eigenvalue weighted by Crippen LogP contribution is -2.16. The lowest BCUT2D eigenvalue weighted by atomic mass is 10.0. The summed E-state index contributed by atoms with van der Waals surface area (Å²) in [6.07, 6.45) is 0. The van der Waals surface area contributed by atoms with Crippen LogP contribution in [0.2, 0.25) is 0 Å². The van der Waals surface area contributed by atoms with Gasteiger partial charge in [0, 0.05) is 16.6 Å². The molecule has 4 rings (SSSR count). The van der Waals surface area contributed by atoms with Gasteiger partial charge in [0.1, 0.15) is 5.69 Å². The number of nitrogens with one attached hydrogen (secondary N) is 1. The third kappa shape index (κ3) is 3.29. The first-order valence-corrected chi connectivity index (χ1v) is 8.83. The fraction of sp³-hybridized carbons (Fsp3) is 0.0870. The molecule has 0 saturated heterocycles. The lowest BCUT2D eigenvalue weighted by Gasteiger charge is -2.13. The van der Waals surface area contributed by atoms with E-state index in [-0.39, 0.29) is 5.91 Å². The van der Waals surface area contributed by atoms with E-state index >= 15 is 0 Å². The molecule has 1 amide bonds. The maximum absolute atomic E-state index is 13.3. The van der Waals surface area contributed by atoms with Crippen molar-refractivity contribution in [2.75, 3.05) is 5.32 Å². The third-order valence-corrected chi connectivity index (χ3v) is 4.58. The van der Waals surface area contributed by atoms with E-state index in [4.69, 9.17) is 0 Å². The van der Waals surface area contributed by atoms with E-state index in [1.54, 1.807) is 0 Å². The molecule has 3 aromatic carbocycles.